The smallest absolute Gasteiger partial charge is 0.226 e. The molecule has 2 amide bonds. The van der Waals surface area contributed by atoms with Crippen LogP contribution in [0.25, 0.3) is 0 Å². The Morgan fingerprint density at radius 2 is 1.09 bits per heavy atom. The summed E-state index contributed by atoms with van der Waals surface area (Å²) >= 11 is 0. The second kappa shape index (κ2) is 5.86. The predicted octanol–water partition coefficient (Wildman–Crippen LogP) is 2.78. The van der Waals surface area contributed by atoms with Gasteiger partial charge in [0.25, 0.3) is 0 Å². The molecule has 2 fully saturated rings. The van der Waals surface area contributed by atoms with Gasteiger partial charge in [0.2, 0.25) is 11.8 Å². The Bertz CT molecular complexity index is 414. The maximum absolute atomic E-state index is 12.7. The molecule has 0 bridgehead atoms. The van der Waals surface area contributed by atoms with Gasteiger partial charge in [0.1, 0.15) is 0 Å². The molecule has 126 valence electrons. The molecule has 0 spiro atoms. The molecule has 2 aliphatic rings. The molecule has 0 aromatic heterocycles. The highest BCUT2D eigenvalue weighted by molar-refractivity contribution is 5.87. The first-order valence-corrected chi connectivity index (χ1v) is 8.60. The van der Waals surface area contributed by atoms with Crippen molar-refractivity contribution in [3.63, 3.8) is 0 Å². The van der Waals surface area contributed by atoms with Crippen molar-refractivity contribution in [2.45, 2.75) is 54.4 Å². The van der Waals surface area contributed by atoms with Crippen LogP contribution in [0.2, 0.25) is 0 Å². The minimum absolute atomic E-state index is 0.143. The predicted molar refractivity (Wildman–Crippen MR) is 88.3 cm³/mol. The van der Waals surface area contributed by atoms with E-state index < -0.39 is 0 Å². The van der Waals surface area contributed by atoms with Crippen LogP contribution in [0.1, 0.15) is 54.4 Å². The van der Waals surface area contributed by atoms with Crippen molar-refractivity contribution in [1.82, 2.24) is 9.80 Å². The van der Waals surface area contributed by atoms with Crippen molar-refractivity contribution in [2.24, 2.45) is 22.7 Å². The first-order valence-electron chi connectivity index (χ1n) is 8.60. The summed E-state index contributed by atoms with van der Waals surface area (Å²) in [5.41, 5.74) is 0.420. The first-order chi connectivity index (χ1) is 10.0. The fraction of sp³-hybridized carbons (Fsp3) is 0.889. The third-order valence-corrected chi connectivity index (χ3v) is 5.51. The van der Waals surface area contributed by atoms with Crippen LogP contribution in [0.5, 0.6) is 0 Å². The minimum atomic E-state index is -0.231. The van der Waals surface area contributed by atoms with Gasteiger partial charge in [-0.25, -0.2) is 0 Å². The zero-order chi connectivity index (χ0) is 16.7. The number of carbonyl (C=O) groups is 2. The molecule has 2 aliphatic heterocycles. The maximum Gasteiger partial charge on any atom is 0.226 e. The molecule has 4 heteroatoms. The molecule has 0 aliphatic carbocycles. The number of likely N-dealkylation sites (tertiary alicyclic amines) is 2. The average molecular weight is 308 g/mol. The lowest BCUT2D eigenvalue weighted by atomic mass is 9.91. The Morgan fingerprint density at radius 3 is 1.32 bits per heavy atom. The van der Waals surface area contributed by atoms with E-state index in [9.17, 15) is 9.59 Å². The zero-order valence-electron chi connectivity index (χ0n) is 15.1. The third kappa shape index (κ3) is 3.64. The molecule has 2 atom stereocenters. The number of carbonyl (C=O) groups excluding carboxylic acids is 2. The van der Waals surface area contributed by atoms with E-state index in [0.29, 0.717) is 0 Å². The lowest BCUT2D eigenvalue weighted by Gasteiger charge is -2.29. The van der Waals surface area contributed by atoms with E-state index in [2.05, 4.69) is 27.7 Å². The summed E-state index contributed by atoms with van der Waals surface area (Å²) < 4.78 is 0. The molecule has 0 aromatic rings. The van der Waals surface area contributed by atoms with Gasteiger partial charge in [-0.3, -0.25) is 9.59 Å². The lowest BCUT2D eigenvalue weighted by molar-refractivity contribution is -0.144. The Hall–Kier alpha value is -1.06. The van der Waals surface area contributed by atoms with Crippen molar-refractivity contribution < 1.29 is 9.59 Å². The van der Waals surface area contributed by atoms with Gasteiger partial charge >= 0.3 is 0 Å². The Balaban J connectivity index is 1.95. The van der Waals surface area contributed by atoms with Crippen molar-refractivity contribution >= 4 is 11.8 Å². The normalized spacial score (nSPS) is 26.1. The largest absolute Gasteiger partial charge is 0.342 e. The molecule has 0 N–H and O–H groups in total. The van der Waals surface area contributed by atoms with Gasteiger partial charge in [-0.1, -0.05) is 41.5 Å². The highest BCUT2D eigenvalue weighted by atomic mass is 16.2. The standard InChI is InChI=1S/C18H32N2O2/c1-13(15(21)19-9-7-17(3,4)11-19)14(2)16(22)20-10-8-18(5,6)12-20/h13-14H,7-12H2,1-6H3/t13-,14-/m0/s1. The lowest BCUT2D eigenvalue weighted by Crippen LogP contribution is -2.43. The van der Waals surface area contributed by atoms with Crippen LogP contribution in [-0.2, 0) is 9.59 Å². The van der Waals surface area contributed by atoms with E-state index >= 15 is 0 Å². The van der Waals surface area contributed by atoms with E-state index in [-0.39, 0.29) is 34.5 Å². The first kappa shape index (κ1) is 17.3. The molecule has 0 radical (unpaired) electrons. The van der Waals surface area contributed by atoms with E-state index in [1.807, 2.05) is 23.6 Å². The summed E-state index contributed by atoms with van der Waals surface area (Å²) in [5, 5.41) is 0. The summed E-state index contributed by atoms with van der Waals surface area (Å²) in [6.07, 6.45) is 2.10. The van der Waals surface area contributed by atoms with E-state index in [0.717, 1.165) is 39.0 Å². The molecular weight excluding hydrogens is 276 g/mol. The third-order valence-electron chi connectivity index (χ3n) is 5.51. The Kier molecular flexibility index (Phi) is 4.61. The van der Waals surface area contributed by atoms with Crippen LogP contribution < -0.4 is 0 Å². The second-order valence-electron chi connectivity index (χ2n) is 8.93. The number of amides is 2. The monoisotopic (exact) mass is 308 g/mol. The van der Waals surface area contributed by atoms with Gasteiger partial charge in [-0.15, -0.1) is 0 Å². The van der Waals surface area contributed by atoms with Crippen LogP contribution >= 0.6 is 0 Å². The van der Waals surface area contributed by atoms with Crippen LogP contribution in [0.15, 0.2) is 0 Å². The summed E-state index contributed by atoms with van der Waals surface area (Å²) in [4.78, 5) is 29.2. The summed E-state index contributed by atoms with van der Waals surface area (Å²) in [7, 11) is 0. The minimum Gasteiger partial charge on any atom is -0.342 e. The van der Waals surface area contributed by atoms with Gasteiger partial charge in [0, 0.05) is 38.0 Å². The number of hydrogen-bond donors (Lipinski definition) is 0. The van der Waals surface area contributed by atoms with Gasteiger partial charge in [-0.2, -0.15) is 0 Å². The molecule has 0 saturated carbocycles. The van der Waals surface area contributed by atoms with Crippen LogP contribution in [-0.4, -0.2) is 47.8 Å². The van der Waals surface area contributed by atoms with Gasteiger partial charge < -0.3 is 9.80 Å². The van der Waals surface area contributed by atoms with Gasteiger partial charge in [0.15, 0.2) is 0 Å². The maximum atomic E-state index is 12.7. The fourth-order valence-electron chi connectivity index (χ4n) is 3.60. The van der Waals surface area contributed by atoms with E-state index in [1.165, 1.54) is 0 Å². The van der Waals surface area contributed by atoms with Crippen LogP contribution in [0.4, 0.5) is 0 Å². The quantitative estimate of drug-likeness (QED) is 0.804. The zero-order valence-corrected chi connectivity index (χ0v) is 15.1. The van der Waals surface area contributed by atoms with Crippen LogP contribution in [0.3, 0.4) is 0 Å². The molecule has 2 saturated heterocycles. The molecule has 0 aromatic carbocycles. The molecule has 0 unspecified atom stereocenters. The average Bonchev–Trinajstić information content (AvgIpc) is 2.97. The fourth-order valence-corrected chi connectivity index (χ4v) is 3.60. The van der Waals surface area contributed by atoms with Crippen LogP contribution in [0, 0.1) is 22.7 Å². The topological polar surface area (TPSA) is 40.6 Å². The van der Waals surface area contributed by atoms with Crippen molar-refractivity contribution in [3.05, 3.63) is 0 Å². The van der Waals surface area contributed by atoms with Gasteiger partial charge in [-0.05, 0) is 23.7 Å². The van der Waals surface area contributed by atoms with Gasteiger partial charge in [0.05, 0.1) is 0 Å². The second-order valence-corrected chi connectivity index (χ2v) is 8.93. The van der Waals surface area contributed by atoms with E-state index in [1.54, 1.807) is 0 Å². The number of hydrogen-bond acceptors (Lipinski definition) is 2. The Morgan fingerprint density at radius 1 is 0.773 bits per heavy atom. The Labute approximate surface area is 135 Å². The highest BCUT2D eigenvalue weighted by Crippen LogP contribution is 2.33. The molecule has 4 nitrogen and oxygen atoms in total. The number of nitrogens with zero attached hydrogens (tertiary/aromatic N) is 2. The van der Waals surface area contributed by atoms with Crippen molar-refractivity contribution in [2.75, 3.05) is 26.2 Å². The molecule has 2 heterocycles. The summed E-state index contributed by atoms with van der Waals surface area (Å²) in [5.74, 6) is -0.176. The molecule has 2 rings (SSSR count). The molecule has 22 heavy (non-hydrogen) atoms. The van der Waals surface area contributed by atoms with Crippen molar-refractivity contribution in [3.8, 4) is 0 Å². The molecular formula is C18H32N2O2. The van der Waals surface area contributed by atoms with Crippen molar-refractivity contribution in [1.29, 1.82) is 0 Å². The summed E-state index contributed by atoms with van der Waals surface area (Å²) in [6.45, 7) is 15.9. The number of rotatable bonds is 3. The van der Waals surface area contributed by atoms with E-state index in [4.69, 9.17) is 0 Å². The highest BCUT2D eigenvalue weighted by Gasteiger charge is 2.39. The summed E-state index contributed by atoms with van der Waals surface area (Å²) in [6, 6.07) is 0. The SMILES string of the molecule is C[C@H](C(=O)N1CCC(C)(C)C1)[C@H](C)C(=O)N1CCC(C)(C)C1.